The minimum Gasteiger partial charge on any atom is -0.444 e. The maximum absolute atomic E-state index is 12.8. The van der Waals surface area contributed by atoms with E-state index in [1.54, 1.807) is 62.3 Å². The van der Waals surface area contributed by atoms with Gasteiger partial charge in [0.05, 0.1) is 0 Å². The van der Waals surface area contributed by atoms with Crippen molar-refractivity contribution in [1.82, 2.24) is 14.7 Å². The van der Waals surface area contributed by atoms with E-state index < -0.39 is 35.1 Å². The van der Waals surface area contributed by atoms with E-state index in [9.17, 15) is 14.4 Å². The zero-order valence-corrected chi connectivity index (χ0v) is 22.3. The van der Waals surface area contributed by atoms with Crippen LogP contribution in [0.5, 0.6) is 0 Å². The van der Waals surface area contributed by atoms with Gasteiger partial charge in [0, 0.05) is 45.8 Å². The highest BCUT2D eigenvalue weighted by molar-refractivity contribution is 5.70. The van der Waals surface area contributed by atoms with Crippen molar-refractivity contribution in [2.45, 2.75) is 86.0 Å². The molecule has 0 spiro atoms. The van der Waals surface area contributed by atoms with Crippen LogP contribution in [-0.2, 0) is 14.2 Å². The fraction of sp³-hybridized carbons (Fsp3) is 0.870. The molecule has 0 heterocycles. The van der Waals surface area contributed by atoms with Crippen LogP contribution >= 0.6 is 0 Å². The third-order valence-corrected chi connectivity index (χ3v) is 4.02. The average Bonchev–Trinajstić information content (AvgIpc) is 2.58. The Morgan fingerprint density at radius 1 is 0.576 bits per heavy atom. The molecule has 33 heavy (non-hydrogen) atoms. The molecule has 10 heteroatoms. The number of nitrogens with two attached hydrogens (primary N) is 1. The highest BCUT2D eigenvalue weighted by Gasteiger charge is 2.27. The van der Waals surface area contributed by atoms with E-state index in [2.05, 4.69) is 0 Å². The summed E-state index contributed by atoms with van der Waals surface area (Å²) in [5, 5.41) is 0. The van der Waals surface area contributed by atoms with E-state index >= 15 is 0 Å². The molecule has 0 rings (SSSR count). The molecule has 0 unspecified atom stereocenters. The molecular weight excluding hydrogens is 428 g/mol. The normalized spacial score (nSPS) is 12.1. The third kappa shape index (κ3) is 14.5. The smallest absolute Gasteiger partial charge is 0.410 e. The summed E-state index contributed by atoms with van der Waals surface area (Å²) in [5.74, 6) is 0. The zero-order valence-electron chi connectivity index (χ0n) is 22.3. The molecule has 0 aliphatic heterocycles. The highest BCUT2D eigenvalue weighted by atomic mass is 16.6. The molecule has 0 aromatic heterocycles. The molecule has 0 aromatic rings. The Labute approximate surface area is 199 Å². The first kappa shape index (κ1) is 30.8. The van der Waals surface area contributed by atoms with Gasteiger partial charge in [0.2, 0.25) is 0 Å². The van der Waals surface area contributed by atoms with Crippen molar-refractivity contribution in [2.24, 2.45) is 5.73 Å². The van der Waals surface area contributed by atoms with E-state index in [1.807, 2.05) is 6.92 Å². The van der Waals surface area contributed by atoms with Crippen LogP contribution in [0.4, 0.5) is 14.4 Å². The quantitative estimate of drug-likeness (QED) is 0.507. The number of likely N-dealkylation sites (N-methyl/N-ethyl adjacent to an activating group) is 1. The molecular formula is C23H46N4O6. The summed E-state index contributed by atoms with van der Waals surface area (Å²) >= 11 is 0. The molecule has 0 saturated heterocycles. The summed E-state index contributed by atoms with van der Waals surface area (Å²) in [6, 6.07) is 0. The Balaban J connectivity index is 5.38. The molecule has 0 aliphatic rings. The van der Waals surface area contributed by atoms with Crippen LogP contribution in [-0.4, -0.2) is 95.6 Å². The number of carbonyl (C=O) groups excluding carboxylic acids is 3. The van der Waals surface area contributed by atoms with E-state index in [0.29, 0.717) is 6.54 Å². The van der Waals surface area contributed by atoms with E-state index in [-0.39, 0.29) is 39.3 Å². The van der Waals surface area contributed by atoms with Gasteiger partial charge in [-0.1, -0.05) is 0 Å². The first-order valence-corrected chi connectivity index (χ1v) is 11.5. The Hall–Kier alpha value is -2.23. The van der Waals surface area contributed by atoms with Gasteiger partial charge in [-0.05, 0) is 69.2 Å². The summed E-state index contributed by atoms with van der Waals surface area (Å²) in [7, 11) is 0. The predicted molar refractivity (Wildman–Crippen MR) is 128 cm³/mol. The minimum absolute atomic E-state index is 0.194. The topological polar surface area (TPSA) is 115 Å². The van der Waals surface area contributed by atoms with E-state index in [0.717, 1.165) is 0 Å². The van der Waals surface area contributed by atoms with Crippen molar-refractivity contribution in [3.63, 3.8) is 0 Å². The molecule has 3 amide bonds. The van der Waals surface area contributed by atoms with Gasteiger partial charge < -0.3 is 34.6 Å². The van der Waals surface area contributed by atoms with Gasteiger partial charge in [0.25, 0.3) is 0 Å². The summed E-state index contributed by atoms with van der Waals surface area (Å²) in [6.45, 7) is 19.8. The summed E-state index contributed by atoms with van der Waals surface area (Å²) in [4.78, 5) is 42.3. The van der Waals surface area contributed by atoms with Gasteiger partial charge >= 0.3 is 18.3 Å². The van der Waals surface area contributed by atoms with Crippen LogP contribution in [0.25, 0.3) is 0 Å². The monoisotopic (exact) mass is 474 g/mol. The number of rotatable bonds is 9. The number of nitrogens with zero attached hydrogens (tertiary/aromatic N) is 3. The molecule has 0 aromatic carbocycles. The van der Waals surface area contributed by atoms with Crippen molar-refractivity contribution in [2.75, 3.05) is 45.8 Å². The number of hydrogen-bond acceptors (Lipinski definition) is 7. The van der Waals surface area contributed by atoms with Crippen molar-refractivity contribution in [3.8, 4) is 0 Å². The molecule has 0 fully saturated rings. The number of carbonyl (C=O) groups is 3. The van der Waals surface area contributed by atoms with E-state index in [4.69, 9.17) is 19.9 Å². The third-order valence-electron chi connectivity index (χ3n) is 4.02. The minimum atomic E-state index is -0.687. The van der Waals surface area contributed by atoms with E-state index in [1.165, 1.54) is 14.7 Å². The fourth-order valence-electron chi connectivity index (χ4n) is 2.59. The lowest BCUT2D eigenvalue weighted by molar-refractivity contribution is 0.00901. The average molecular weight is 475 g/mol. The Bertz CT molecular complexity index is 634. The van der Waals surface area contributed by atoms with Gasteiger partial charge in [-0.25, -0.2) is 14.4 Å². The highest BCUT2D eigenvalue weighted by Crippen LogP contribution is 2.13. The van der Waals surface area contributed by atoms with Crippen LogP contribution in [0.3, 0.4) is 0 Å². The maximum Gasteiger partial charge on any atom is 0.410 e. The van der Waals surface area contributed by atoms with Crippen molar-refractivity contribution in [1.29, 1.82) is 0 Å². The standard InChI is InChI=1S/C23H46N4O6/c1-11-25(18(28)31-21(2,3)4)14-15-27(20(30)33-23(8,9)10)17-16-26(13-12-24)19(29)32-22(5,6)7/h11-17,24H2,1-10H3. The van der Waals surface area contributed by atoms with Crippen LogP contribution in [0.1, 0.15) is 69.2 Å². The second-order valence-electron chi connectivity index (χ2n) is 10.8. The molecule has 10 nitrogen and oxygen atoms in total. The number of amides is 3. The SMILES string of the molecule is CCN(CCN(CCN(CCN)C(=O)OC(C)(C)C)C(=O)OC(C)(C)C)C(=O)OC(C)(C)C. The lowest BCUT2D eigenvalue weighted by atomic mass is 10.2. The van der Waals surface area contributed by atoms with Gasteiger partial charge in [-0.15, -0.1) is 0 Å². The molecule has 0 radical (unpaired) electrons. The summed E-state index contributed by atoms with van der Waals surface area (Å²) < 4.78 is 16.4. The lowest BCUT2D eigenvalue weighted by Crippen LogP contribution is -2.48. The summed E-state index contributed by atoms with van der Waals surface area (Å²) in [5.41, 5.74) is 3.71. The first-order valence-electron chi connectivity index (χ1n) is 11.5. The van der Waals surface area contributed by atoms with Crippen LogP contribution in [0.15, 0.2) is 0 Å². The second-order valence-corrected chi connectivity index (χ2v) is 10.8. The molecule has 0 bridgehead atoms. The second kappa shape index (κ2) is 12.9. The Kier molecular flexibility index (Phi) is 12.0. The maximum atomic E-state index is 12.8. The zero-order chi connectivity index (χ0) is 26.0. The number of hydrogen-bond donors (Lipinski definition) is 1. The number of ether oxygens (including phenoxy) is 3. The largest absolute Gasteiger partial charge is 0.444 e. The fourth-order valence-corrected chi connectivity index (χ4v) is 2.59. The van der Waals surface area contributed by atoms with Gasteiger partial charge in [0.15, 0.2) is 0 Å². The summed E-state index contributed by atoms with van der Waals surface area (Å²) in [6.07, 6.45) is -1.48. The Morgan fingerprint density at radius 3 is 1.12 bits per heavy atom. The van der Waals surface area contributed by atoms with Crippen molar-refractivity contribution in [3.05, 3.63) is 0 Å². The lowest BCUT2D eigenvalue weighted by Gasteiger charge is -2.32. The Morgan fingerprint density at radius 2 is 0.848 bits per heavy atom. The predicted octanol–water partition coefficient (Wildman–Crippen LogP) is 3.68. The van der Waals surface area contributed by atoms with Gasteiger partial charge in [-0.2, -0.15) is 0 Å². The van der Waals surface area contributed by atoms with Gasteiger partial charge in [0.1, 0.15) is 16.8 Å². The molecule has 0 aliphatic carbocycles. The van der Waals surface area contributed by atoms with Crippen LogP contribution in [0, 0.1) is 0 Å². The van der Waals surface area contributed by atoms with Crippen LogP contribution < -0.4 is 5.73 Å². The van der Waals surface area contributed by atoms with Crippen molar-refractivity contribution < 1.29 is 28.6 Å². The molecule has 2 N–H and O–H groups in total. The van der Waals surface area contributed by atoms with Crippen LogP contribution in [0.2, 0.25) is 0 Å². The first-order chi connectivity index (χ1) is 14.9. The molecule has 0 saturated carbocycles. The van der Waals surface area contributed by atoms with Crippen molar-refractivity contribution >= 4 is 18.3 Å². The van der Waals surface area contributed by atoms with Gasteiger partial charge in [-0.3, -0.25) is 0 Å². The molecule has 194 valence electrons. The molecule has 0 atom stereocenters.